The van der Waals surface area contributed by atoms with E-state index >= 15 is 0 Å². The van der Waals surface area contributed by atoms with Crippen LogP contribution in [-0.2, 0) is 24.1 Å². The molecule has 210 valence electrons. The smallest absolute Gasteiger partial charge is 0.335 e. The van der Waals surface area contributed by atoms with Crippen molar-refractivity contribution >= 4 is 27.3 Å². The molecule has 0 bridgehead atoms. The van der Waals surface area contributed by atoms with E-state index in [9.17, 15) is 18.3 Å². The summed E-state index contributed by atoms with van der Waals surface area (Å²) in [4.78, 5) is 25.7. The zero-order chi connectivity index (χ0) is 28.5. The number of hydrogen-bond donors (Lipinski definition) is 2. The van der Waals surface area contributed by atoms with Crippen LogP contribution in [0.1, 0.15) is 37.3 Å². The molecule has 0 amide bonds. The number of aromatic nitrogens is 5. The number of pyridine rings is 2. The lowest BCUT2D eigenvalue weighted by atomic mass is 9.77. The molecule has 40 heavy (non-hydrogen) atoms. The molecular formula is C27H30N6O6S. The van der Waals surface area contributed by atoms with Crippen molar-refractivity contribution in [2.75, 3.05) is 32.3 Å². The minimum Gasteiger partial charge on any atom is -0.479 e. The Labute approximate surface area is 231 Å². The molecular weight excluding hydrogens is 536 g/mol. The number of methoxy groups -OCH3 is 1. The van der Waals surface area contributed by atoms with Gasteiger partial charge in [-0.3, -0.25) is 9.97 Å². The Bertz CT molecular complexity index is 1630. The number of hydrogen-bond acceptors (Lipinski definition) is 10. The Hall–Kier alpha value is -3.94. The van der Waals surface area contributed by atoms with Gasteiger partial charge in [0.15, 0.2) is 21.1 Å². The molecule has 1 fully saturated rings. The van der Waals surface area contributed by atoms with Crippen LogP contribution in [-0.4, -0.2) is 76.2 Å². The first-order valence-corrected chi connectivity index (χ1v) is 14.6. The molecule has 0 unspecified atom stereocenters. The molecule has 0 atom stereocenters. The zero-order valence-electron chi connectivity index (χ0n) is 22.1. The summed E-state index contributed by atoms with van der Waals surface area (Å²) < 4.78 is 37.9. The molecule has 3 N–H and O–H groups in total. The molecule has 4 aromatic heterocycles. The Morgan fingerprint density at radius 2 is 1.88 bits per heavy atom. The SMILES string of the molecule is COCCOC1(C(=O)O)CCC(c2nc3c(-c4ccc(-c5ccccn5)nc4)cnn3c(N)c2S(C)(=O)=O)CC1. The highest BCUT2D eigenvalue weighted by Gasteiger charge is 2.44. The largest absolute Gasteiger partial charge is 0.479 e. The molecule has 0 aromatic carbocycles. The Kier molecular flexibility index (Phi) is 7.53. The average Bonchev–Trinajstić information content (AvgIpc) is 3.38. The summed E-state index contributed by atoms with van der Waals surface area (Å²) in [6.07, 6.45) is 7.13. The number of aliphatic carboxylic acids is 1. The van der Waals surface area contributed by atoms with Gasteiger partial charge in [0.25, 0.3) is 0 Å². The maximum Gasteiger partial charge on any atom is 0.335 e. The number of carbonyl (C=O) groups is 1. The van der Waals surface area contributed by atoms with Crippen molar-refractivity contribution in [2.24, 2.45) is 0 Å². The number of nitrogens with two attached hydrogens (primary N) is 1. The van der Waals surface area contributed by atoms with E-state index in [4.69, 9.17) is 20.2 Å². The van der Waals surface area contributed by atoms with Crippen LogP contribution >= 0.6 is 0 Å². The second-order valence-corrected chi connectivity index (χ2v) is 11.8. The predicted octanol–water partition coefficient (Wildman–Crippen LogP) is 2.98. The lowest BCUT2D eigenvalue weighted by Gasteiger charge is -2.36. The van der Waals surface area contributed by atoms with Crippen LogP contribution in [0.3, 0.4) is 0 Å². The van der Waals surface area contributed by atoms with E-state index in [-0.39, 0.29) is 42.7 Å². The van der Waals surface area contributed by atoms with Gasteiger partial charge >= 0.3 is 5.97 Å². The van der Waals surface area contributed by atoms with Crippen LogP contribution in [0, 0.1) is 0 Å². The summed E-state index contributed by atoms with van der Waals surface area (Å²) in [6, 6.07) is 9.29. The lowest BCUT2D eigenvalue weighted by Crippen LogP contribution is -2.45. The molecule has 0 radical (unpaired) electrons. The first-order valence-electron chi connectivity index (χ1n) is 12.8. The quantitative estimate of drug-likeness (QED) is 0.285. The van der Waals surface area contributed by atoms with Crippen LogP contribution in [0.4, 0.5) is 5.82 Å². The van der Waals surface area contributed by atoms with Crippen molar-refractivity contribution in [1.29, 1.82) is 0 Å². The van der Waals surface area contributed by atoms with Crippen molar-refractivity contribution in [1.82, 2.24) is 24.6 Å². The fraction of sp³-hybridized carbons (Fsp3) is 0.370. The third-order valence-corrected chi connectivity index (χ3v) is 8.43. The van der Waals surface area contributed by atoms with Gasteiger partial charge in [-0.05, 0) is 43.9 Å². The van der Waals surface area contributed by atoms with E-state index < -0.39 is 21.4 Å². The van der Waals surface area contributed by atoms with Crippen molar-refractivity contribution in [3.63, 3.8) is 0 Å². The fourth-order valence-electron chi connectivity index (χ4n) is 5.20. The highest BCUT2D eigenvalue weighted by molar-refractivity contribution is 7.91. The topological polar surface area (TPSA) is 172 Å². The normalized spacial score (nSPS) is 19.6. The van der Waals surface area contributed by atoms with E-state index in [1.54, 1.807) is 18.6 Å². The molecule has 1 aliphatic carbocycles. The standard InChI is InChI=1S/C27H30N6O6S/c1-38-13-14-39-27(26(34)35)10-8-17(9-11-27)22-23(40(2,36)37)24(28)33-25(32-22)19(16-31-33)18-6-7-21(30-15-18)20-5-3-4-12-29-20/h3-7,12,15-17H,8-11,13-14,28H2,1-2H3,(H,34,35). The molecule has 4 heterocycles. The monoisotopic (exact) mass is 566 g/mol. The number of carboxylic acid groups (broad SMARTS) is 1. The van der Waals surface area contributed by atoms with Gasteiger partial charge in [0.05, 0.1) is 36.5 Å². The highest BCUT2D eigenvalue weighted by Crippen LogP contribution is 2.43. The summed E-state index contributed by atoms with van der Waals surface area (Å²) in [5.74, 6) is -1.44. The summed E-state index contributed by atoms with van der Waals surface area (Å²) in [5.41, 5.74) is 8.53. The molecule has 1 saturated carbocycles. The second-order valence-electron chi connectivity index (χ2n) is 9.84. The van der Waals surface area contributed by atoms with Gasteiger partial charge in [0.2, 0.25) is 0 Å². The van der Waals surface area contributed by atoms with Gasteiger partial charge in [-0.15, -0.1) is 0 Å². The van der Waals surface area contributed by atoms with Gasteiger partial charge in [-0.25, -0.2) is 18.2 Å². The number of nitrogens with zero attached hydrogens (tertiary/aromatic N) is 5. The van der Waals surface area contributed by atoms with Crippen LogP contribution in [0.15, 0.2) is 53.8 Å². The van der Waals surface area contributed by atoms with Gasteiger partial charge in [0, 0.05) is 42.8 Å². The minimum atomic E-state index is -3.79. The number of carboxylic acids is 1. The summed E-state index contributed by atoms with van der Waals surface area (Å²) in [6.45, 7) is 0.415. The maximum absolute atomic E-state index is 12.9. The van der Waals surface area contributed by atoms with Crippen LogP contribution in [0.2, 0.25) is 0 Å². The molecule has 13 heteroatoms. The van der Waals surface area contributed by atoms with Crippen molar-refractivity contribution in [2.45, 2.75) is 42.1 Å². The van der Waals surface area contributed by atoms with Gasteiger partial charge in [-0.1, -0.05) is 12.1 Å². The zero-order valence-corrected chi connectivity index (χ0v) is 23.0. The van der Waals surface area contributed by atoms with Gasteiger partial charge < -0.3 is 20.3 Å². The van der Waals surface area contributed by atoms with Crippen LogP contribution < -0.4 is 5.73 Å². The highest BCUT2D eigenvalue weighted by atomic mass is 32.2. The molecule has 0 aliphatic heterocycles. The third kappa shape index (κ3) is 5.15. The number of anilines is 1. The Balaban J connectivity index is 1.53. The number of nitrogen functional groups attached to an aromatic ring is 1. The fourth-order valence-corrected chi connectivity index (χ4v) is 6.25. The van der Waals surface area contributed by atoms with E-state index in [1.807, 2.05) is 30.3 Å². The second kappa shape index (κ2) is 10.9. The van der Waals surface area contributed by atoms with Crippen LogP contribution in [0.25, 0.3) is 28.2 Å². The van der Waals surface area contributed by atoms with Crippen molar-refractivity contribution in [3.8, 4) is 22.5 Å². The van der Waals surface area contributed by atoms with Crippen molar-refractivity contribution < 1.29 is 27.8 Å². The Morgan fingerprint density at radius 1 is 1.12 bits per heavy atom. The first kappa shape index (κ1) is 27.6. The predicted molar refractivity (Wildman–Crippen MR) is 146 cm³/mol. The maximum atomic E-state index is 12.9. The van der Waals surface area contributed by atoms with E-state index in [0.717, 1.165) is 17.5 Å². The first-order chi connectivity index (χ1) is 19.1. The molecule has 5 rings (SSSR count). The summed E-state index contributed by atoms with van der Waals surface area (Å²) >= 11 is 0. The van der Waals surface area contributed by atoms with Gasteiger partial charge in [0.1, 0.15) is 10.7 Å². The minimum absolute atomic E-state index is 0.0433. The number of sulfone groups is 1. The van der Waals surface area contributed by atoms with E-state index in [0.29, 0.717) is 35.4 Å². The molecule has 12 nitrogen and oxygen atoms in total. The van der Waals surface area contributed by atoms with Gasteiger partial charge in [-0.2, -0.15) is 9.61 Å². The summed E-state index contributed by atoms with van der Waals surface area (Å²) in [5, 5.41) is 14.3. The lowest BCUT2D eigenvalue weighted by molar-refractivity contribution is -0.173. The van der Waals surface area contributed by atoms with Crippen LogP contribution in [0.5, 0.6) is 0 Å². The number of rotatable bonds is 9. The molecule has 0 saturated heterocycles. The molecule has 1 aliphatic rings. The Morgan fingerprint density at radius 3 is 2.48 bits per heavy atom. The number of ether oxygens (including phenoxy) is 2. The molecule has 0 spiro atoms. The number of fused-ring (bicyclic) bond motifs is 1. The average molecular weight is 567 g/mol. The molecule has 4 aromatic rings. The summed E-state index contributed by atoms with van der Waals surface area (Å²) in [7, 11) is -2.27. The third-order valence-electron chi connectivity index (χ3n) is 7.27. The van der Waals surface area contributed by atoms with E-state index in [1.165, 1.54) is 11.6 Å². The van der Waals surface area contributed by atoms with E-state index in [2.05, 4.69) is 15.1 Å². The van der Waals surface area contributed by atoms with Crippen molar-refractivity contribution in [3.05, 3.63) is 54.6 Å².